The molecule has 2 heterocycles. The van der Waals surface area contributed by atoms with Gasteiger partial charge in [-0.2, -0.15) is 4.99 Å². The molecule has 1 amide bonds. The molecule has 0 aliphatic carbocycles. The highest BCUT2D eigenvalue weighted by molar-refractivity contribution is 8.15. The van der Waals surface area contributed by atoms with Crippen molar-refractivity contribution in [2.45, 2.75) is 38.1 Å². The number of sulfone groups is 1. The number of rotatable bonds is 4. The van der Waals surface area contributed by atoms with E-state index in [0.717, 1.165) is 12.0 Å². The fourth-order valence-electron chi connectivity index (χ4n) is 3.01. The summed E-state index contributed by atoms with van der Waals surface area (Å²) in [5, 5.41) is 1.18. The van der Waals surface area contributed by atoms with E-state index >= 15 is 0 Å². The first-order valence-electron chi connectivity index (χ1n) is 8.30. The first-order valence-corrected chi connectivity index (χ1v) is 11.4. The number of halogens is 1. The van der Waals surface area contributed by atoms with Crippen molar-refractivity contribution in [3.63, 3.8) is 0 Å². The topological polar surface area (TPSA) is 66.8 Å². The van der Waals surface area contributed by atoms with Crippen molar-refractivity contribution < 1.29 is 13.2 Å². The lowest BCUT2D eigenvalue weighted by Crippen LogP contribution is -2.37. The normalized spacial score (nSPS) is 27.5. The molecule has 0 radical (unpaired) electrons. The van der Waals surface area contributed by atoms with Gasteiger partial charge in [0.25, 0.3) is 5.91 Å². The van der Waals surface area contributed by atoms with Crippen LogP contribution in [0.2, 0.25) is 5.02 Å². The number of carbonyl (C=O) groups is 1. The van der Waals surface area contributed by atoms with Crippen LogP contribution < -0.4 is 0 Å². The van der Waals surface area contributed by atoms with E-state index in [-0.39, 0.29) is 34.6 Å². The number of aliphatic imine (C=N–C) groups is 1. The summed E-state index contributed by atoms with van der Waals surface area (Å²) in [7, 11) is -3.05. The van der Waals surface area contributed by atoms with E-state index in [9.17, 15) is 13.2 Å². The molecule has 0 saturated carbocycles. The van der Waals surface area contributed by atoms with Gasteiger partial charge in [0, 0.05) is 22.7 Å². The quantitative estimate of drug-likeness (QED) is 0.777. The van der Waals surface area contributed by atoms with Gasteiger partial charge in [-0.15, -0.1) is 0 Å². The fraction of sp³-hybridized carbons (Fsp3) is 0.529. The van der Waals surface area contributed by atoms with Crippen molar-refractivity contribution in [2.24, 2.45) is 10.9 Å². The fourth-order valence-corrected chi connectivity index (χ4v) is 7.16. The molecule has 0 N–H and O–H groups in total. The SMILES string of the molecule is CC[C@H](C)C(=O)N=C1S[C@@H]2CS(=O)(=O)C[C@H]2N1Cc1ccccc1Cl. The molecule has 0 spiro atoms. The van der Waals surface area contributed by atoms with Crippen molar-refractivity contribution in [1.82, 2.24) is 4.90 Å². The summed E-state index contributed by atoms with van der Waals surface area (Å²) >= 11 is 7.68. The third-order valence-electron chi connectivity index (χ3n) is 4.71. The number of amides is 1. The highest BCUT2D eigenvalue weighted by Gasteiger charge is 2.48. The molecule has 1 aromatic carbocycles. The van der Waals surface area contributed by atoms with Gasteiger partial charge in [0.15, 0.2) is 15.0 Å². The molecule has 3 rings (SSSR count). The molecule has 2 aliphatic heterocycles. The highest BCUT2D eigenvalue weighted by atomic mass is 35.5. The first-order chi connectivity index (χ1) is 11.8. The molecular weight excluding hydrogens is 380 g/mol. The van der Waals surface area contributed by atoms with Crippen LogP contribution in [0.1, 0.15) is 25.8 Å². The predicted molar refractivity (Wildman–Crippen MR) is 103 cm³/mol. The summed E-state index contributed by atoms with van der Waals surface area (Å²) in [6.07, 6.45) is 0.728. The summed E-state index contributed by atoms with van der Waals surface area (Å²) in [5.74, 6) is -0.0553. The monoisotopic (exact) mass is 400 g/mol. The number of nitrogens with zero attached hydrogens (tertiary/aromatic N) is 2. The highest BCUT2D eigenvalue weighted by Crippen LogP contribution is 2.39. The Morgan fingerprint density at radius 2 is 2.12 bits per heavy atom. The Balaban J connectivity index is 1.91. The van der Waals surface area contributed by atoms with Crippen LogP contribution in [0.15, 0.2) is 29.3 Å². The predicted octanol–water partition coefficient (Wildman–Crippen LogP) is 2.98. The third kappa shape index (κ3) is 4.04. The molecule has 136 valence electrons. The van der Waals surface area contributed by atoms with Gasteiger partial charge in [-0.1, -0.05) is 55.4 Å². The summed E-state index contributed by atoms with van der Waals surface area (Å²) in [5.41, 5.74) is 0.901. The van der Waals surface area contributed by atoms with Crippen LogP contribution in [0.3, 0.4) is 0 Å². The van der Waals surface area contributed by atoms with Crippen molar-refractivity contribution in [1.29, 1.82) is 0 Å². The Bertz CT molecular complexity index is 810. The van der Waals surface area contributed by atoms with Gasteiger partial charge >= 0.3 is 0 Å². The number of hydrogen-bond acceptors (Lipinski definition) is 4. The molecule has 25 heavy (non-hydrogen) atoms. The van der Waals surface area contributed by atoms with E-state index in [0.29, 0.717) is 16.7 Å². The van der Waals surface area contributed by atoms with Crippen LogP contribution in [-0.4, -0.2) is 47.2 Å². The van der Waals surface area contributed by atoms with Gasteiger partial charge in [-0.25, -0.2) is 8.42 Å². The standard InChI is InChI=1S/C17H21ClN2O3S2/c1-3-11(2)16(21)19-17-20(8-12-6-4-5-7-13(12)18)14-9-25(22,23)10-15(14)24-17/h4-7,11,14-15H,3,8-10H2,1-2H3/t11-,14+,15+/m0/s1. The second-order valence-electron chi connectivity index (χ2n) is 6.56. The van der Waals surface area contributed by atoms with Crippen LogP contribution in [-0.2, 0) is 21.2 Å². The summed E-state index contributed by atoms with van der Waals surface area (Å²) < 4.78 is 24.0. The van der Waals surface area contributed by atoms with Gasteiger partial charge in [0.2, 0.25) is 0 Å². The maximum atomic E-state index is 12.3. The lowest BCUT2D eigenvalue weighted by atomic mass is 10.1. The number of carbonyl (C=O) groups excluding carboxylic acids is 1. The lowest BCUT2D eigenvalue weighted by molar-refractivity contribution is -0.121. The molecule has 0 bridgehead atoms. The molecule has 2 saturated heterocycles. The molecule has 5 nitrogen and oxygen atoms in total. The molecule has 0 unspecified atom stereocenters. The van der Waals surface area contributed by atoms with Crippen molar-refractivity contribution in [3.05, 3.63) is 34.9 Å². The Hall–Kier alpha value is -1.05. The van der Waals surface area contributed by atoms with Crippen molar-refractivity contribution >= 4 is 44.3 Å². The zero-order valence-corrected chi connectivity index (χ0v) is 16.6. The average Bonchev–Trinajstić information content (AvgIpc) is 3.01. The van der Waals surface area contributed by atoms with Crippen molar-refractivity contribution in [3.8, 4) is 0 Å². The third-order valence-corrected chi connectivity index (χ3v) is 8.33. The second kappa shape index (κ2) is 7.29. The van der Waals surface area contributed by atoms with E-state index in [1.54, 1.807) is 0 Å². The summed E-state index contributed by atoms with van der Waals surface area (Å²) in [4.78, 5) is 18.5. The molecule has 3 atom stereocenters. The summed E-state index contributed by atoms with van der Waals surface area (Å²) in [6.45, 7) is 4.26. The minimum Gasteiger partial charge on any atom is -0.342 e. The van der Waals surface area contributed by atoms with E-state index in [1.165, 1.54) is 11.8 Å². The minimum absolute atomic E-state index is 0.0732. The number of benzene rings is 1. The van der Waals surface area contributed by atoms with Gasteiger partial charge < -0.3 is 4.90 Å². The van der Waals surface area contributed by atoms with E-state index < -0.39 is 9.84 Å². The average molecular weight is 401 g/mol. The van der Waals surface area contributed by atoms with Crippen LogP contribution in [0.4, 0.5) is 0 Å². The molecule has 8 heteroatoms. The number of fused-ring (bicyclic) bond motifs is 1. The van der Waals surface area contributed by atoms with Gasteiger partial charge in [0.1, 0.15) is 0 Å². The number of thioether (sulfide) groups is 1. The van der Waals surface area contributed by atoms with Gasteiger partial charge in [0.05, 0.1) is 17.5 Å². The summed E-state index contributed by atoms with van der Waals surface area (Å²) in [6, 6.07) is 7.32. The molecule has 1 aromatic rings. The maximum Gasteiger partial charge on any atom is 0.250 e. The van der Waals surface area contributed by atoms with Gasteiger partial charge in [-0.3, -0.25) is 4.79 Å². The molecular formula is C17H21ClN2O3S2. The first kappa shape index (κ1) is 18.7. The second-order valence-corrected chi connectivity index (χ2v) is 10.3. The Kier molecular flexibility index (Phi) is 5.46. The van der Waals surface area contributed by atoms with E-state index in [1.807, 2.05) is 43.0 Å². The minimum atomic E-state index is -3.05. The van der Waals surface area contributed by atoms with Crippen LogP contribution in [0.5, 0.6) is 0 Å². The van der Waals surface area contributed by atoms with Crippen LogP contribution in [0, 0.1) is 5.92 Å². The number of amidine groups is 1. The molecule has 2 fully saturated rings. The smallest absolute Gasteiger partial charge is 0.250 e. The Morgan fingerprint density at radius 1 is 1.40 bits per heavy atom. The zero-order valence-electron chi connectivity index (χ0n) is 14.2. The largest absolute Gasteiger partial charge is 0.342 e. The van der Waals surface area contributed by atoms with Crippen LogP contribution >= 0.6 is 23.4 Å². The van der Waals surface area contributed by atoms with Gasteiger partial charge in [-0.05, 0) is 18.1 Å². The maximum absolute atomic E-state index is 12.3. The number of hydrogen-bond donors (Lipinski definition) is 0. The van der Waals surface area contributed by atoms with Crippen molar-refractivity contribution in [2.75, 3.05) is 11.5 Å². The molecule has 0 aromatic heterocycles. The van der Waals surface area contributed by atoms with Crippen LogP contribution in [0.25, 0.3) is 0 Å². The Morgan fingerprint density at radius 3 is 2.80 bits per heavy atom. The van der Waals surface area contributed by atoms with E-state index in [4.69, 9.17) is 11.6 Å². The lowest BCUT2D eigenvalue weighted by Gasteiger charge is -2.25. The Labute approximate surface area is 157 Å². The zero-order chi connectivity index (χ0) is 18.2. The van der Waals surface area contributed by atoms with E-state index in [2.05, 4.69) is 4.99 Å². The molecule has 2 aliphatic rings.